The van der Waals surface area contributed by atoms with Crippen molar-refractivity contribution in [3.63, 3.8) is 0 Å². The van der Waals surface area contributed by atoms with E-state index >= 15 is 0 Å². The Hall–Kier alpha value is -0.860. The molecule has 0 heterocycles. The van der Waals surface area contributed by atoms with Crippen LogP contribution in [0.25, 0.3) is 0 Å². The molecule has 1 rings (SSSR count). The molecule has 0 fully saturated rings. The van der Waals surface area contributed by atoms with E-state index in [9.17, 15) is 13.2 Å². The third kappa shape index (κ3) is 4.55. The first kappa shape index (κ1) is 18.2. The van der Waals surface area contributed by atoms with E-state index in [2.05, 4.69) is 0 Å². The van der Waals surface area contributed by atoms with Gasteiger partial charge in [-0.1, -0.05) is 23.2 Å². The van der Waals surface area contributed by atoms with Crippen molar-refractivity contribution in [3.8, 4) is 0 Å². The third-order valence-electron chi connectivity index (χ3n) is 2.75. The summed E-state index contributed by atoms with van der Waals surface area (Å²) in [6.07, 6.45) is 0. The second-order valence-corrected chi connectivity index (χ2v) is 7.06. The zero-order valence-electron chi connectivity index (χ0n) is 11.5. The van der Waals surface area contributed by atoms with Crippen molar-refractivity contribution >= 4 is 39.2 Å². The molecule has 0 spiro atoms. The number of rotatable bonds is 7. The van der Waals surface area contributed by atoms with Crippen LogP contribution in [0.5, 0.6) is 0 Å². The van der Waals surface area contributed by atoms with Gasteiger partial charge in [-0.15, -0.1) is 0 Å². The predicted octanol–water partition coefficient (Wildman–Crippen LogP) is 2.02. The molecule has 1 N–H and O–H groups in total. The summed E-state index contributed by atoms with van der Waals surface area (Å²) in [6, 6.07) is 2.80. The van der Waals surface area contributed by atoms with E-state index < -0.39 is 22.6 Å². The summed E-state index contributed by atoms with van der Waals surface area (Å²) in [5.74, 6) is -1.11. The summed E-state index contributed by atoms with van der Waals surface area (Å²) in [5, 5.41) is 8.87. The van der Waals surface area contributed by atoms with Gasteiger partial charge in [-0.25, -0.2) is 13.2 Å². The standard InChI is InChI=1S/C12H15Cl2NO5S/c1-8-9(13)3-4-10(12(8)14)21(18,19)15(2)5-6-20-7-11(16)17/h3-4H,5-7H2,1-2H3,(H,16,17). The van der Waals surface area contributed by atoms with Crippen molar-refractivity contribution in [1.29, 1.82) is 0 Å². The average molecular weight is 356 g/mol. The summed E-state index contributed by atoms with van der Waals surface area (Å²) in [6.45, 7) is 1.12. The Morgan fingerprint density at radius 2 is 2.00 bits per heavy atom. The van der Waals surface area contributed by atoms with E-state index in [0.29, 0.717) is 10.6 Å². The number of benzene rings is 1. The summed E-state index contributed by atoms with van der Waals surface area (Å²) >= 11 is 11.9. The van der Waals surface area contributed by atoms with Crippen molar-refractivity contribution in [2.75, 3.05) is 26.8 Å². The Morgan fingerprint density at radius 1 is 1.38 bits per heavy atom. The highest BCUT2D eigenvalue weighted by atomic mass is 35.5. The fourth-order valence-electron chi connectivity index (χ4n) is 1.48. The van der Waals surface area contributed by atoms with Crippen LogP contribution < -0.4 is 0 Å². The average Bonchev–Trinajstić information content (AvgIpc) is 2.40. The maximum absolute atomic E-state index is 12.4. The van der Waals surface area contributed by atoms with Crippen LogP contribution in [0, 0.1) is 6.92 Å². The van der Waals surface area contributed by atoms with Gasteiger partial charge in [0.1, 0.15) is 11.5 Å². The van der Waals surface area contributed by atoms with Crippen LogP contribution in [-0.4, -0.2) is 50.6 Å². The lowest BCUT2D eigenvalue weighted by Crippen LogP contribution is -2.31. The molecule has 0 aliphatic rings. The molecule has 0 amide bonds. The lowest BCUT2D eigenvalue weighted by atomic mass is 10.2. The number of halogens is 2. The van der Waals surface area contributed by atoms with Crippen LogP contribution in [0.2, 0.25) is 10.0 Å². The Kier molecular flexibility index (Phi) is 6.42. The number of hydrogen-bond acceptors (Lipinski definition) is 4. The predicted molar refractivity (Wildman–Crippen MR) is 79.5 cm³/mol. The number of hydrogen-bond donors (Lipinski definition) is 1. The van der Waals surface area contributed by atoms with Crippen LogP contribution in [0.3, 0.4) is 0 Å². The monoisotopic (exact) mass is 355 g/mol. The minimum Gasteiger partial charge on any atom is -0.480 e. The van der Waals surface area contributed by atoms with Gasteiger partial charge in [0.2, 0.25) is 10.0 Å². The number of likely N-dealkylation sites (N-methyl/N-ethyl adjacent to an activating group) is 1. The Labute approximate surface area is 133 Å². The topological polar surface area (TPSA) is 83.9 Å². The fraction of sp³-hybridized carbons (Fsp3) is 0.417. The minimum absolute atomic E-state index is 0.00756. The zero-order chi connectivity index (χ0) is 16.2. The SMILES string of the molecule is Cc1c(Cl)ccc(S(=O)(=O)N(C)CCOCC(=O)O)c1Cl. The quantitative estimate of drug-likeness (QED) is 0.756. The summed E-state index contributed by atoms with van der Waals surface area (Å²) < 4.78 is 30.6. The van der Waals surface area contributed by atoms with E-state index in [0.717, 1.165) is 4.31 Å². The number of aliphatic carboxylic acids is 1. The van der Waals surface area contributed by atoms with Gasteiger partial charge in [0.15, 0.2) is 0 Å². The van der Waals surface area contributed by atoms with Crippen molar-refractivity contribution in [1.82, 2.24) is 4.31 Å². The Balaban J connectivity index is 2.86. The molecule has 1 aromatic rings. The van der Waals surface area contributed by atoms with Gasteiger partial charge in [-0.2, -0.15) is 4.31 Å². The Morgan fingerprint density at radius 3 is 2.57 bits per heavy atom. The molecule has 0 radical (unpaired) electrons. The molecule has 0 aliphatic heterocycles. The zero-order valence-corrected chi connectivity index (χ0v) is 13.8. The highest BCUT2D eigenvalue weighted by Gasteiger charge is 2.24. The molecule has 0 saturated heterocycles. The molecule has 1 aromatic carbocycles. The van der Waals surface area contributed by atoms with Gasteiger partial charge < -0.3 is 9.84 Å². The normalized spacial score (nSPS) is 11.9. The number of carbonyl (C=O) groups is 1. The van der Waals surface area contributed by atoms with E-state index in [-0.39, 0.29) is 23.1 Å². The van der Waals surface area contributed by atoms with Crippen LogP contribution in [-0.2, 0) is 19.6 Å². The van der Waals surface area contributed by atoms with Gasteiger partial charge in [0, 0.05) is 18.6 Å². The summed E-state index contributed by atoms with van der Waals surface area (Å²) in [5.41, 5.74) is 0.481. The molecule has 9 heteroatoms. The van der Waals surface area contributed by atoms with E-state index in [4.69, 9.17) is 33.0 Å². The number of carboxylic acid groups (broad SMARTS) is 1. The van der Waals surface area contributed by atoms with Gasteiger partial charge in [-0.3, -0.25) is 0 Å². The molecular weight excluding hydrogens is 341 g/mol. The smallest absolute Gasteiger partial charge is 0.329 e. The maximum atomic E-state index is 12.4. The van der Waals surface area contributed by atoms with Crippen LogP contribution in [0.15, 0.2) is 17.0 Å². The molecule has 118 valence electrons. The highest BCUT2D eigenvalue weighted by molar-refractivity contribution is 7.89. The second-order valence-electron chi connectivity index (χ2n) is 4.26. The van der Waals surface area contributed by atoms with Crippen molar-refractivity contribution in [2.45, 2.75) is 11.8 Å². The van der Waals surface area contributed by atoms with E-state index in [1.54, 1.807) is 6.92 Å². The molecule has 0 unspecified atom stereocenters. The minimum atomic E-state index is -3.79. The van der Waals surface area contributed by atoms with Gasteiger partial charge >= 0.3 is 5.97 Å². The molecule has 0 aromatic heterocycles. The lowest BCUT2D eigenvalue weighted by Gasteiger charge is -2.18. The first-order valence-corrected chi connectivity index (χ1v) is 8.08. The first-order valence-electron chi connectivity index (χ1n) is 5.88. The molecule has 0 saturated carbocycles. The lowest BCUT2D eigenvalue weighted by molar-refractivity contribution is -0.142. The van der Waals surface area contributed by atoms with Gasteiger partial charge in [-0.05, 0) is 24.6 Å². The number of carboxylic acids is 1. The number of sulfonamides is 1. The fourth-order valence-corrected chi connectivity index (χ4v) is 3.41. The number of nitrogens with zero attached hydrogens (tertiary/aromatic N) is 1. The molecular formula is C12H15Cl2NO5S. The van der Waals surface area contributed by atoms with Crippen molar-refractivity contribution in [3.05, 3.63) is 27.7 Å². The molecule has 0 aliphatic carbocycles. The van der Waals surface area contributed by atoms with Crippen LogP contribution in [0.4, 0.5) is 0 Å². The van der Waals surface area contributed by atoms with E-state index in [1.807, 2.05) is 0 Å². The summed E-state index contributed by atoms with van der Waals surface area (Å²) in [7, 11) is -2.43. The second kappa shape index (κ2) is 7.42. The third-order valence-corrected chi connectivity index (χ3v) is 5.66. The first-order chi connectivity index (χ1) is 9.67. The summed E-state index contributed by atoms with van der Waals surface area (Å²) in [4.78, 5) is 10.2. The molecule has 0 bridgehead atoms. The van der Waals surface area contributed by atoms with Crippen LogP contribution in [0.1, 0.15) is 5.56 Å². The largest absolute Gasteiger partial charge is 0.480 e. The van der Waals surface area contributed by atoms with Crippen molar-refractivity contribution < 1.29 is 23.1 Å². The van der Waals surface area contributed by atoms with Crippen LogP contribution >= 0.6 is 23.2 Å². The van der Waals surface area contributed by atoms with Gasteiger partial charge in [0.05, 0.1) is 11.6 Å². The maximum Gasteiger partial charge on any atom is 0.329 e. The molecule has 0 atom stereocenters. The highest BCUT2D eigenvalue weighted by Crippen LogP contribution is 2.31. The Bertz CT molecular complexity index is 633. The van der Waals surface area contributed by atoms with Gasteiger partial charge in [0.25, 0.3) is 0 Å². The number of ether oxygens (including phenoxy) is 1. The van der Waals surface area contributed by atoms with Crippen molar-refractivity contribution in [2.24, 2.45) is 0 Å². The molecule has 21 heavy (non-hydrogen) atoms. The van der Waals surface area contributed by atoms with E-state index in [1.165, 1.54) is 19.2 Å². The molecule has 6 nitrogen and oxygen atoms in total.